The minimum absolute atomic E-state index is 0.181. The Bertz CT molecular complexity index is 309. The summed E-state index contributed by atoms with van der Waals surface area (Å²) >= 11 is 0. The van der Waals surface area contributed by atoms with Crippen molar-refractivity contribution in [2.45, 2.75) is 52.4 Å². The van der Waals surface area contributed by atoms with Crippen LogP contribution >= 0.6 is 0 Å². The Morgan fingerprint density at radius 2 is 1.90 bits per heavy atom. The number of carbonyl (C=O) groups excluding carboxylic acids is 1. The fourth-order valence-electron chi connectivity index (χ4n) is 2.87. The highest BCUT2D eigenvalue weighted by molar-refractivity contribution is 5.75. The molecule has 1 heterocycles. The average Bonchev–Trinajstić information content (AvgIpc) is 2.46. The van der Waals surface area contributed by atoms with E-state index in [1.54, 1.807) is 0 Å². The Morgan fingerprint density at radius 3 is 2.52 bits per heavy atom. The van der Waals surface area contributed by atoms with Crippen LogP contribution in [0.1, 0.15) is 52.4 Å². The first-order valence-electron chi connectivity index (χ1n) is 8.50. The summed E-state index contributed by atoms with van der Waals surface area (Å²) in [5.41, 5.74) is 0.979. The maximum Gasteiger partial charge on any atom is 0.221 e. The minimum Gasteiger partial charge on any atom is -0.389 e. The van der Waals surface area contributed by atoms with E-state index in [4.69, 9.17) is 0 Å². The van der Waals surface area contributed by atoms with E-state index in [0.29, 0.717) is 6.42 Å². The van der Waals surface area contributed by atoms with Gasteiger partial charge in [0.25, 0.3) is 0 Å². The van der Waals surface area contributed by atoms with Crippen LogP contribution in [0.4, 0.5) is 0 Å². The predicted molar refractivity (Wildman–Crippen MR) is 89.1 cm³/mol. The molecule has 1 rings (SSSR count). The van der Waals surface area contributed by atoms with E-state index in [0.717, 1.165) is 37.7 Å². The summed E-state index contributed by atoms with van der Waals surface area (Å²) in [7, 11) is 0. The molecular weight excluding hydrogens is 262 g/mol. The number of hydrogen-bond donors (Lipinski definition) is 2. The van der Waals surface area contributed by atoms with Gasteiger partial charge in [-0.05, 0) is 45.2 Å². The molecule has 122 valence electrons. The molecule has 2 N–H and O–H groups in total. The fraction of sp³-hybridized carbons (Fsp3) is 0.824. The quantitative estimate of drug-likeness (QED) is 0.609. The van der Waals surface area contributed by atoms with Crippen molar-refractivity contribution >= 4 is 5.91 Å². The molecule has 0 spiro atoms. The van der Waals surface area contributed by atoms with Crippen molar-refractivity contribution in [3.05, 3.63) is 12.3 Å². The molecule has 0 aromatic carbocycles. The maximum atomic E-state index is 11.8. The topological polar surface area (TPSA) is 44.4 Å². The molecule has 21 heavy (non-hydrogen) atoms. The summed E-state index contributed by atoms with van der Waals surface area (Å²) in [4.78, 5) is 14.2. The normalized spacial score (nSPS) is 16.7. The number of nitrogens with one attached hydrogen (secondary N) is 2. The van der Waals surface area contributed by atoms with Crippen molar-refractivity contribution in [3.8, 4) is 0 Å². The third-order valence-electron chi connectivity index (χ3n) is 4.16. The first-order chi connectivity index (χ1) is 10.1. The SMILES string of the molecule is C=C(C)NCCCNC(=O)CCN1CCC(CCC)CC1. The average molecular weight is 295 g/mol. The molecule has 1 amide bonds. The number of likely N-dealkylation sites (tertiary alicyclic amines) is 1. The Balaban J connectivity index is 1.99. The molecule has 0 atom stereocenters. The van der Waals surface area contributed by atoms with Crippen LogP contribution in [0.25, 0.3) is 0 Å². The molecule has 0 unspecified atom stereocenters. The third-order valence-corrected chi connectivity index (χ3v) is 4.16. The molecule has 1 aliphatic heterocycles. The molecule has 0 aromatic heterocycles. The highest BCUT2D eigenvalue weighted by Gasteiger charge is 2.18. The van der Waals surface area contributed by atoms with Crippen LogP contribution in [0.3, 0.4) is 0 Å². The van der Waals surface area contributed by atoms with Gasteiger partial charge in [-0.15, -0.1) is 0 Å². The van der Waals surface area contributed by atoms with E-state index >= 15 is 0 Å². The number of amides is 1. The van der Waals surface area contributed by atoms with Gasteiger partial charge >= 0.3 is 0 Å². The van der Waals surface area contributed by atoms with Crippen LogP contribution in [-0.4, -0.2) is 43.5 Å². The zero-order chi connectivity index (χ0) is 15.5. The molecule has 4 nitrogen and oxygen atoms in total. The van der Waals surface area contributed by atoms with E-state index in [9.17, 15) is 4.79 Å². The van der Waals surface area contributed by atoms with Gasteiger partial charge in [0.1, 0.15) is 0 Å². The molecular formula is C17H33N3O. The Labute approximate surface area is 130 Å². The number of rotatable bonds is 10. The van der Waals surface area contributed by atoms with E-state index < -0.39 is 0 Å². The molecule has 0 radical (unpaired) electrons. The number of hydrogen-bond acceptors (Lipinski definition) is 3. The van der Waals surface area contributed by atoms with Gasteiger partial charge in [-0.2, -0.15) is 0 Å². The summed E-state index contributed by atoms with van der Waals surface area (Å²) < 4.78 is 0. The first-order valence-corrected chi connectivity index (χ1v) is 8.50. The lowest BCUT2D eigenvalue weighted by atomic mass is 9.92. The second kappa shape index (κ2) is 10.7. The molecule has 0 saturated carbocycles. The van der Waals surface area contributed by atoms with Gasteiger partial charge in [0.2, 0.25) is 5.91 Å². The van der Waals surface area contributed by atoms with Gasteiger partial charge in [-0.3, -0.25) is 4.79 Å². The summed E-state index contributed by atoms with van der Waals surface area (Å²) in [5, 5.41) is 6.15. The van der Waals surface area contributed by atoms with Crippen molar-refractivity contribution in [2.24, 2.45) is 5.92 Å². The highest BCUT2D eigenvalue weighted by Crippen LogP contribution is 2.21. The van der Waals surface area contributed by atoms with Gasteiger partial charge in [0.05, 0.1) is 0 Å². The number of carbonyl (C=O) groups is 1. The number of allylic oxidation sites excluding steroid dienone is 1. The van der Waals surface area contributed by atoms with E-state index in [-0.39, 0.29) is 5.91 Å². The predicted octanol–water partition coefficient (Wildman–Crippen LogP) is 2.52. The standard InChI is InChI=1S/C17H33N3O/c1-4-6-16-7-12-20(13-8-16)14-9-17(21)19-11-5-10-18-15(2)3/h16,18H,2,4-14H2,1,3H3,(H,19,21). The fourth-order valence-corrected chi connectivity index (χ4v) is 2.87. The van der Waals surface area contributed by atoms with Crippen molar-refractivity contribution in [2.75, 3.05) is 32.7 Å². The van der Waals surface area contributed by atoms with Crippen molar-refractivity contribution in [1.82, 2.24) is 15.5 Å². The Hall–Kier alpha value is -1.03. The van der Waals surface area contributed by atoms with Gasteiger partial charge in [0, 0.05) is 31.8 Å². The minimum atomic E-state index is 0.181. The highest BCUT2D eigenvalue weighted by atomic mass is 16.1. The lowest BCUT2D eigenvalue weighted by molar-refractivity contribution is -0.121. The number of nitrogens with zero attached hydrogens (tertiary/aromatic N) is 1. The summed E-state index contributed by atoms with van der Waals surface area (Å²) in [6.45, 7) is 12.9. The van der Waals surface area contributed by atoms with E-state index in [1.165, 1.54) is 38.8 Å². The lowest BCUT2D eigenvalue weighted by Gasteiger charge is -2.31. The summed E-state index contributed by atoms with van der Waals surface area (Å²) in [5.74, 6) is 1.10. The molecule has 0 aromatic rings. The van der Waals surface area contributed by atoms with Gasteiger partial charge in [-0.25, -0.2) is 0 Å². The first kappa shape index (κ1) is 18.0. The summed E-state index contributed by atoms with van der Waals surface area (Å²) in [6.07, 6.45) is 6.86. The largest absolute Gasteiger partial charge is 0.389 e. The van der Waals surface area contributed by atoms with Crippen LogP contribution in [0, 0.1) is 5.92 Å². The molecule has 0 bridgehead atoms. The van der Waals surface area contributed by atoms with Gasteiger partial charge < -0.3 is 15.5 Å². The zero-order valence-corrected chi connectivity index (χ0v) is 13.9. The molecule has 0 aliphatic carbocycles. The molecule has 1 aliphatic rings. The maximum absolute atomic E-state index is 11.8. The van der Waals surface area contributed by atoms with Crippen molar-refractivity contribution in [3.63, 3.8) is 0 Å². The van der Waals surface area contributed by atoms with E-state index in [2.05, 4.69) is 29.0 Å². The smallest absolute Gasteiger partial charge is 0.221 e. The third kappa shape index (κ3) is 8.76. The zero-order valence-electron chi connectivity index (χ0n) is 13.9. The van der Waals surface area contributed by atoms with Crippen molar-refractivity contribution < 1.29 is 4.79 Å². The molecule has 1 fully saturated rings. The van der Waals surface area contributed by atoms with Crippen molar-refractivity contribution in [1.29, 1.82) is 0 Å². The van der Waals surface area contributed by atoms with Gasteiger partial charge in [0.15, 0.2) is 0 Å². The van der Waals surface area contributed by atoms with Gasteiger partial charge in [-0.1, -0.05) is 26.3 Å². The second-order valence-electron chi connectivity index (χ2n) is 6.23. The van der Waals surface area contributed by atoms with E-state index in [1.807, 2.05) is 6.92 Å². The van der Waals surface area contributed by atoms with Crippen LogP contribution < -0.4 is 10.6 Å². The van der Waals surface area contributed by atoms with Crippen LogP contribution in [-0.2, 0) is 4.79 Å². The van der Waals surface area contributed by atoms with Crippen LogP contribution in [0.2, 0.25) is 0 Å². The van der Waals surface area contributed by atoms with Crippen LogP contribution in [0.5, 0.6) is 0 Å². The second-order valence-corrected chi connectivity index (χ2v) is 6.23. The Morgan fingerprint density at radius 1 is 1.24 bits per heavy atom. The Kier molecular flexibility index (Phi) is 9.15. The molecule has 4 heteroatoms. The number of piperidine rings is 1. The monoisotopic (exact) mass is 295 g/mol. The lowest BCUT2D eigenvalue weighted by Crippen LogP contribution is -2.37. The summed E-state index contributed by atoms with van der Waals surface area (Å²) in [6, 6.07) is 0. The molecule has 1 saturated heterocycles. The van der Waals surface area contributed by atoms with Crippen LogP contribution in [0.15, 0.2) is 12.3 Å².